The van der Waals surface area contributed by atoms with E-state index in [0.29, 0.717) is 0 Å². The number of nitrogens with one attached hydrogen (secondary N) is 1. The largest absolute Gasteiger partial charge is 0.388 e. The van der Waals surface area contributed by atoms with E-state index in [-0.39, 0.29) is 0 Å². The maximum atomic E-state index is 3.31. The van der Waals surface area contributed by atoms with Gasteiger partial charge in [0.2, 0.25) is 0 Å². The molecule has 0 heterocycles. The Morgan fingerprint density at radius 1 is 1.00 bits per heavy atom. The molecule has 1 nitrogen and oxygen atoms in total. The summed E-state index contributed by atoms with van der Waals surface area (Å²) in [5.74, 6) is 0. The van der Waals surface area contributed by atoms with Gasteiger partial charge in [0.05, 0.1) is 0 Å². The number of hydrogen-bond acceptors (Lipinski definition) is 1. The van der Waals surface area contributed by atoms with Gasteiger partial charge in [-0.3, -0.25) is 0 Å². The Balaban J connectivity index is 2.18. The molecule has 0 saturated heterocycles. The van der Waals surface area contributed by atoms with Gasteiger partial charge in [-0.25, -0.2) is 0 Å². The van der Waals surface area contributed by atoms with E-state index in [1.54, 1.807) is 0 Å². The Hall–Kier alpha value is -1.50. The highest BCUT2D eigenvalue weighted by atomic mass is 14.8. The molecule has 0 saturated carbocycles. The lowest BCUT2D eigenvalue weighted by atomic mass is 10.0. The lowest BCUT2D eigenvalue weighted by molar-refractivity contribution is 0.667. The molecule has 2 aromatic rings. The van der Waals surface area contributed by atoms with Crippen LogP contribution in [0, 0.1) is 0 Å². The summed E-state index contributed by atoms with van der Waals surface area (Å²) >= 11 is 0. The number of hydrogen-bond donors (Lipinski definition) is 1. The van der Waals surface area contributed by atoms with Crippen molar-refractivity contribution < 1.29 is 0 Å². The number of fused-ring (bicyclic) bond motifs is 1. The van der Waals surface area contributed by atoms with E-state index in [4.69, 9.17) is 0 Å². The van der Waals surface area contributed by atoms with Crippen LogP contribution in [0.4, 0.5) is 5.69 Å². The number of rotatable bonds is 6. The van der Waals surface area contributed by atoms with Crippen molar-refractivity contribution >= 4 is 16.5 Å². The van der Waals surface area contributed by atoms with Gasteiger partial charge in [0.25, 0.3) is 0 Å². The van der Waals surface area contributed by atoms with Crippen molar-refractivity contribution in [1.82, 2.24) is 0 Å². The predicted molar refractivity (Wildman–Crippen MR) is 81.3 cm³/mol. The van der Waals surface area contributed by atoms with E-state index in [0.717, 1.165) is 0 Å². The second-order valence-corrected chi connectivity index (χ2v) is 4.93. The highest BCUT2D eigenvalue weighted by Crippen LogP contribution is 2.26. The van der Waals surface area contributed by atoms with Crippen LogP contribution in [-0.2, 0) is 6.42 Å². The van der Waals surface area contributed by atoms with Gasteiger partial charge in [0, 0.05) is 18.1 Å². The van der Waals surface area contributed by atoms with E-state index >= 15 is 0 Å². The minimum atomic E-state index is 1.19. The van der Waals surface area contributed by atoms with Crippen molar-refractivity contribution in [1.29, 1.82) is 0 Å². The Labute approximate surface area is 110 Å². The van der Waals surface area contributed by atoms with Crippen LogP contribution < -0.4 is 5.32 Å². The summed E-state index contributed by atoms with van der Waals surface area (Å²) in [6.45, 7) is 2.26. The smallest absolute Gasteiger partial charge is 0.0420 e. The fourth-order valence-corrected chi connectivity index (χ4v) is 2.48. The molecule has 0 radical (unpaired) electrons. The maximum absolute atomic E-state index is 3.31. The van der Waals surface area contributed by atoms with E-state index in [2.05, 4.69) is 48.6 Å². The molecule has 0 fully saturated rings. The zero-order valence-electron chi connectivity index (χ0n) is 11.5. The number of benzene rings is 2. The van der Waals surface area contributed by atoms with Crippen LogP contribution >= 0.6 is 0 Å². The molecular weight excluding hydrogens is 218 g/mol. The Morgan fingerprint density at radius 3 is 2.61 bits per heavy atom. The summed E-state index contributed by atoms with van der Waals surface area (Å²) in [5, 5.41) is 5.97. The molecule has 2 rings (SSSR count). The Kier molecular flexibility index (Phi) is 4.63. The first-order valence-electron chi connectivity index (χ1n) is 7.04. The molecule has 1 heteroatoms. The third-order valence-corrected chi connectivity index (χ3v) is 3.51. The van der Waals surface area contributed by atoms with E-state index in [1.807, 2.05) is 7.05 Å². The first kappa shape index (κ1) is 12.9. The second-order valence-electron chi connectivity index (χ2n) is 4.93. The fourth-order valence-electron chi connectivity index (χ4n) is 2.48. The molecule has 96 valence electrons. The minimum absolute atomic E-state index is 1.19. The summed E-state index contributed by atoms with van der Waals surface area (Å²) in [6.07, 6.45) is 6.50. The number of unbranched alkanes of at least 4 members (excludes halogenated alkanes) is 3. The van der Waals surface area contributed by atoms with Crippen LogP contribution in [0.5, 0.6) is 0 Å². The summed E-state index contributed by atoms with van der Waals surface area (Å²) in [4.78, 5) is 0. The fraction of sp³-hybridized carbons (Fsp3) is 0.412. The van der Waals surface area contributed by atoms with Gasteiger partial charge in [-0.1, -0.05) is 56.5 Å². The van der Waals surface area contributed by atoms with E-state index in [9.17, 15) is 0 Å². The van der Waals surface area contributed by atoms with Crippen molar-refractivity contribution in [2.45, 2.75) is 39.0 Å². The maximum Gasteiger partial charge on any atom is 0.0420 e. The third kappa shape index (κ3) is 3.04. The topological polar surface area (TPSA) is 12.0 Å². The highest BCUT2D eigenvalue weighted by molar-refractivity contribution is 5.94. The van der Waals surface area contributed by atoms with Gasteiger partial charge in [-0.05, 0) is 29.9 Å². The molecule has 1 N–H and O–H groups in total. The lowest BCUT2D eigenvalue weighted by Crippen LogP contribution is -1.93. The molecule has 0 aliphatic heterocycles. The Morgan fingerprint density at radius 2 is 1.83 bits per heavy atom. The van der Waals surface area contributed by atoms with Crippen molar-refractivity contribution in [2.24, 2.45) is 0 Å². The molecule has 0 aliphatic rings. The molecular formula is C17H23N. The van der Waals surface area contributed by atoms with Crippen LogP contribution in [0.1, 0.15) is 38.2 Å². The van der Waals surface area contributed by atoms with Crippen LogP contribution in [0.15, 0.2) is 36.4 Å². The molecule has 18 heavy (non-hydrogen) atoms. The van der Waals surface area contributed by atoms with E-state index in [1.165, 1.54) is 54.1 Å². The van der Waals surface area contributed by atoms with Crippen molar-refractivity contribution in [3.8, 4) is 0 Å². The molecule has 0 aromatic heterocycles. The first-order chi connectivity index (χ1) is 8.85. The predicted octanol–water partition coefficient (Wildman–Crippen LogP) is 5.00. The van der Waals surface area contributed by atoms with Gasteiger partial charge in [-0.15, -0.1) is 0 Å². The highest BCUT2D eigenvalue weighted by Gasteiger charge is 2.02. The van der Waals surface area contributed by atoms with Crippen molar-refractivity contribution in [3.05, 3.63) is 42.0 Å². The van der Waals surface area contributed by atoms with Gasteiger partial charge in [0.15, 0.2) is 0 Å². The van der Waals surface area contributed by atoms with Crippen molar-refractivity contribution in [3.63, 3.8) is 0 Å². The molecule has 0 amide bonds. The average Bonchev–Trinajstić information content (AvgIpc) is 2.42. The quantitative estimate of drug-likeness (QED) is 0.701. The summed E-state index contributed by atoms with van der Waals surface area (Å²) in [5.41, 5.74) is 2.70. The lowest BCUT2D eigenvalue weighted by Gasteiger charge is -2.10. The van der Waals surface area contributed by atoms with Gasteiger partial charge in [0.1, 0.15) is 0 Å². The average molecular weight is 241 g/mol. The van der Waals surface area contributed by atoms with Crippen LogP contribution in [0.3, 0.4) is 0 Å². The number of anilines is 1. The monoisotopic (exact) mass is 241 g/mol. The second kappa shape index (κ2) is 6.44. The summed E-state index contributed by atoms with van der Waals surface area (Å²) in [6, 6.07) is 13.2. The van der Waals surface area contributed by atoms with Gasteiger partial charge >= 0.3 is 0 Å². The van der Waals surface area contributed by atoms with Crippen LogP contribution in [-0.4, -0.2) is 7.05 Å². The summed E-state index contributed by atoms with van der Waals surface area (Å²) in [7, 11) is 2.00. The summed E-state index contributed by atoms with van der Waals surface area (Å²) < 4.78 is 0. The normalized spacial score (nSPS) is 10.8. The van der Waals surface area contributed by atoms with E-state index < -0.39 is 0 Å². The SMILES string of the molecule is CCCCCCc1cc(NC)c2ccccc2c1. The molecule has 0 atom stereocenters. The zero-order valence-corrected chi connectivity index (χ0v) is 11.5. The van der Waals surface area contributed by atoms with Crippen LogP contribution in [0.25, 0.3) is 10.8 Å². The zero-order chi connectivity index (χ0) is 12.8. The van der Waals surface area contributed by atoms with Crippen molar-refractivity contribution in [2.75, 3.05) is 12.4 Å². The first-order valence-corrected chi connectivity index (χ1v) is 7.04. The Bertz CT molecular complexity index is 502. The molecule has 0 unspecified atom stereocenters. The third-order valence-electron chi connectivity index (χ3n) is 3.51. The molecule has 0 aliphatic carbocycles. The van der Waals surface area contributed by atoms with Gasteiger partial charge in [-0.2, -0.15) is 0 Å². The molecule has 2 aromatic carbocycles. The number of aryl methyl sites for hydroxylation is 1. The molecule has 0 spiro atoms. The standard InChI is InChI=1S/C17H23N/c1-3-4-5-6-9-14-12-15-10-7-8-11-16(15)17(13-14)18-2/h7-8,10-13,18H,3-6,9H2,1-2H3. The molecule has 0 bridgehead atoms. The van der Waals surface area contributed by atoms with Crippen LogP contribution in [0.2, 0.25) is 0 Å². The van der Waals surface area contributed by atoms with Gasteiger partial charge < -0.3 is 5.32 Å². The minimum Gasteiger partial charge on any atom is -0.388 e.